The van der Waals surface area contributed by atoms with Crippen molar-refractivity contribution in [2.24, 2.45) is 0 Å². The minimum absolute atomic E-state index is 0.0104. The van der Waals surface area contributed by atoms with E-state index in [9.17, 15) is 9.18 Å². The zero-order valence-electron chi connectivity index (χ0n) is 17.0. The van der Waals surface area contributed by atoms with Gasteiger partial charge in [-0.25, -0.2) is 9.37 Å². The van der Waals surface area contributed by atoms with Crippen LogP contribution in [0.2, 0.25) is 0 Å². The topological polar surface area (TPSA) is 77.7 Å². The number of aromatic amines is 2. The lowest BCUT2D eigenvalue weighted by Gasteiger charge is -2.28. The van der Waals surface area contributed by atoms with Crippen LogP contribution >= 0.6 is 0 Å². The molecule has 1 aliphatic carbocycles. The first kappa shape index (κ1) is 19.2. The first-order chi connectivity index (χ1) is 14.7. The maximum atomic E-state index is 13.3. The van der Waals surface area contributed by atoms with E-state index in [0.717, 1.165) is 59.7 Å². The van der Waals surface area contributed by atoms with Crippen LogP contribution < -0.4 is 5.56 Å². The van der Waals surface area contributed by atoms with Gasteiger partial charge in [0.25, 0.3) is 5.56 Å². The van der Waals surface area contributed by atoms with E-state index in [1.165, 1.54) is 31.4 Å². The van der Waals surface area contributed by atoms with Crippen molar-refractivity contribution in [3.63, 3.8) is 0 Å². The number of rotatable bonds is 4. The Labute approximate surface area is 174 Å². The van der Waals surface area contributed by atoms with Gasteiger partial charge in [-0.1, -0.05) is 19.3 Å². The first-order valence-corrected chi connectivity index (χ1v) is 10.8. The Morgan fingerprint density at radius 2 is 1.93 bits per heavy atom. The van der Waals surface area contributed by atoms with Crippen molar-refractivity contribution in [1.29, 1.82) is 0 Å². The van der Waals surface area contributed by atoms with E-state index in [2.05, 4.69) is 20.1 Å². The maximum Gasteiger partial charge on any atom is 0.255 e. The molecule has 156 valence electrons. The lowest BCUT2D eigenvalue weighted by atomic mass is 9.88. The van der Waals surface area contributed by atoms with Crippen LogP contribution in [-0.4, -0.2) is 31.6 Å². The van der Waals surface area contributed by atoms with E-state index >= 15 is 0 Å². The second-order valence-corrected chi connectivity index (χ2v) is 8.45. The molecule has 2 N–H and O–H groups in total. The van der Waals surface area contributed by atoms with Crippen LogP contribution in [0.5, 0.6) is 0 Å². The fraction of sp³-hybridized carbons (Fsp3) is 0.435. The molecule has 0 radical (unpaired) electrons. The molecule has 2 aromatic heterocycles. The molecular weight excluding hydrogens is 381 g/mol. The number of H-pyrrole nitrogens is 2. The molecule has 7 heteroatoms. The number of nitrogens with zero attached hydrogens (tertiary/aromatic N) is 3. The standard InChI is InChI=1S/C23H26FN5O/c24-18-8-6-15(7-9-18)21-17(12-25-28-21)13-29-11-10-20-19(14-29)23(30)27-22(26-20)16-4-2-1-3-5-16/h6-9,12,16H,1-5,10-11,13-14H2,(H,25,28)(H,26,27,30). The number of nitrogens with one attached hydrogen (secondary N) is 2. The van der Waals surface area contributed by atoms with E-state index in [0.29, 0.717) is 19.0 Å². The zero-order chi connectivity index (χ0) is 20.5. The summed E-state index contributed by atoms with van der Waals surface area (Å²) < 4.78 is 13.3. The van der Waals surface area contributed by atoms with Crippen molar-refractivity contribution in [3.05, 3.63) is 69.3 Å². The molecule has 1 fully saturated rings. The molecule has 1 aromatic carbocycles. The third-order valence-electron chi connectivity index (χ3n) is 6.40. The number of hydrogen-bond donors (Lipinski definition) is 2. The van der Waals surface area contributed by atoms with Crippen molar-refractivity contribution >= 4 is 0 Å². The summed E-state index contributed by atoms with van der Waals surface area (Å²) in [4.78, 5) is 23.0. The summed E-state index contributed by atoms with van der Waals surface area (Å²) in [6, 6.07) is 6.40. The normalized spacial score (nSPS) is 17.8. The molecule has 3 aromatic rings. The molecule has 6 nitrogen and oxygen atoms in total. The monoisotopic (exact) mass is 407 g/mol. The quantitative estimate of drug-likeness (QED) is 0.688. The van der Waals surface area contributed by atoms with Crippen LogP contribution in [0.1, 0.15) is 60.7 Å². The van der Waals surface area contributed by atoms with Gasteiger partial charge >= 0.3 is 0 Å². The van der Waals surface area contributed by atoms with E-state index < -0.39 is 0 Å². The fourth-order valence-corrected chi connectivity index (χ4v) is 4.74. The smallest absolute Gasteiger partial charge is 0.255 e. The maximum absolute atomic E-state index is 13.3. The average Bonchev–Trinajstić information content (AvgIpc) is 3.23. The van der Waals surface area contributed by atoms with Crippen LogP contribution in [0.3, 0.4) is 0 Å². The molecule has 0 atom stereocenters. The lowest BCUT2D eigenvalue weighted by molar-refractivity contribution is 0.241. The van der Waals surface area contributed by atoms with Crippen molar-refractivity contribution in [1.82, 2.24) is 25.1 Å². The van der Waals surface area contributed by atoms with Gasteiger partial charge < -0.3 is 4.98 Å². The highest BCUT2D eigenvalue weighted by Crippen LogP contribution is 2.31. The summed E-state index contributed by atoms with van der Waals surface area (Å²) >= 11 is 0. The van der Waals surface area contributed by atoms with Crippen LogP contribution in [0.4, 0.5) is 4.39 Å². The van der Waals surface area contributed by atoms with E-state index in [1.807, 2.05) is 6.20 Å². The Kier molecular flexibility index (Phi) is 5.21. The SMILES string of the molecule is O=c1[nH]c(C2CCCCC2)nc2c1CN(Cc1cn[nH]c1-c1ccc(F)cc1)CC2. The summed E-state index contributed by atoms with van der Waals surface area (Å²) in [7, 11) is 0. The summed E-state index contributed by atoms with van der Waals surface area (Å²) in [5.41, 5.74) is 4.58. The van der Waals surface area contributed by atoms with Gasteiger partial charge in [-0.2, -0.15) is 5.10 Å². The molecular formula is C23H26FN5O. The Bertz CT molecular complexity index is 1080. The third-order valence-corrected chi connectivity index (χ3v) is 6.40. The predicted octanol–water partition coefficient (Wildman–Crippen LogP) is 3.91. The van der Waals surface area contributed by atoms with Gasteiger partial charge in [-0.3, -0.25) is 14.8 Å². The lowest BCUT2D eigenvalue weighted by Crippen LogP contribution is -2.36. The molecule has 0 bridgehead atoms. The largest absolute Gasteiger partial charge is 0.310 e. The minimum atomic E-state index is -0.258. The Morgan fingerprint density at radius 1 is 1.13 bits per heavy atom. The third kappa shape index (κ3) is 3.81. The average molecular weight is 407 g/mol. The highest BCUT2D eigenvalue weighted by Gasteiger charge is 2.25. The number of halogens is 1. The van der Waals surface area contributed by atoms with E-state index in [4.69, 9.17) is 4.98 Å². The second-order valence-electron chi connectivity index (χ2n) is 8.45. The van der Waals surface area contributed by atoms with Crippen LogP contribution in [0.15, 0.2) is 35.3 Å². The van der Waals surface area contributed by atoms with Crippen LogP contribution in [0.25, 0.3) is 11.3 Å². The summed E-state index contributed by atoms with van der Waals surface area (Å²) in [6.07, 6.45) is 8.57. The van der Waals surface area contributed by atoms with Gasteiger partial charge in [-0.05, 0) is 37.1 Å². The first-order valence-electron chi connectivity index (χ1n) is 10.8. The molecule has 0 amide bonds. The van der Waals surface area contributed by atoms with Gasteiger partial charge in [0.1, 0.15) is 11.6 Å². The van der Waals surface area contributed by atoms with Crippen molar-refractivity contribution in [2.45, 2.75) is 57.5 Å². The number of fused-ring (bicyclic) bond motifs is 1. The van der Waals surface area contributed by atoms with E-state index in [1.54, 1.807) is 12.1 Å². The molecule has 1 saturated carbocycles. The predicted molar refractivity (Wildman–Crippen MR) is 112 cm³/mol. The van der Waals surface area contributed by atoms with Gasteiger partial charge in [0.15, 0.2) is 0 Å². The molecule has 2 aliphatic rings. The Balaban J connectivity index is 1.34. The molecule has 3 heterocycles. The summed E-state index contributed by atoms with van der Waals surface area (Å²) in [5, 5.41) is 7.21. The molecule has 0 unspecified atom stereocenters. The number of hydrogen-bond acceptors (Lipinski definition) is 4. The van der Waals surface area contributed by atoms with E-state index in [-0.39, 0.29) is 11.4 Å². The molecule has 0 spiro atoms. The van der Waals surface area contributed by atoms with Gasteiger partial charge in [0, 0.05) is 43.1 Å². The molecule has 0 saturated heterocycles. The van der Waals surface area contributed by atoms with Crippen molar-refractivity contribution in [3.8, 4) is 11.3 Å². The molecule has 1 aliphatic heterocycles. The van der Waals surface area contributed by atoms with Crippen LogP contribution in [-0.2, 0) is 19.5 Å². The van der Waals surface area contributed by atoms with Crippen molar-refractivity contribution < 1.29 is 4.39 Å². The second kappa shape index (κ2) is 8.14. The number of aromatic nitrogens is 4. The number of benzene rings is 1. The minimum Gasteiger partial charge on any atom is -0.310 e. The van der Waals surface area contributed by atoms with Crippen molar-refractivity contribution in [2.75, 3.05) is 6.54 Å². The zero-order valence-corrected chi connectivity index (χ0v) is 17.0. The Morgan fingerprint density at radius 3 is 2.73 bits per heavy atom. The Hall–Kier alpha value is -2.80. The molecule has 5 rings (SSSR count). The van der Waals surface area contributed by atoms with Crippen LogP contribution in [0, 0.1) is 5.82 Å². The highest BCUT2D eigenvalue weighted by molar-refractivity contribution is 5.62. The highest BCUT2D eigenvalue weighted by atomic mass is 19.1. The summed E-state index contributed by atoms with van der Waals surface area (Å²) in [5.74, 6) is 1.03. The van der Waals surface area contributed by atoms with Gasteiger partial charge in [-0.15, -0.1) is 0 Å². The molecule has 30 heavy (non-hydrogen) atoms. The fourth-order valence-electron chi connectivity index (χ4n) is 4.74. The summed E-state index contributed by atoms with van der Waals surface area (Å²) in [6.45, 7) is 2.10. The van der Waals surface area contributed by atoms with Gasteiger partial charge in [0.2, 0.25) is 0 Å². The van der Waals surface area contributed by atoms with Gasteiger partial charge in [0.05, 0.1) is 23.1 Å².